The van der Waals surface area contributed by atoms with Gasteiger partial charge in [0.25, 0.3) is 0 Å². The molecule has 0 unspecified atom stereocenters. The van der Waals surface area contributed by atoms with Crippen LogP contribution in [0.1, 0.15) is 25.2 Å². The normalized spacial score (nSPS) is 13.6. The molecule has 1 atom stereocenters. The van der Waals surface area contributed by atoms with E-state index in [4.69, 9.17) is 38.0 Å². The lowest BCUT2D eigenvalue weighted by Crippen LogP contribution is -2.16. The first-order valence-corrected chi connectivity index (χ1v) is 7.91. The molecule has 0 aliphatic rings. The molecule has 0 bridgehead atoms. The Kier molecular flexibility index (Phi) is 6.12. The molecule has 0 aromatic heterocycles. The van der Waals surface area contributed by atoms with Crippen molar-refractivity contribution in [3.8, 4) is 0 Å². The molecule has 1 aromatic carbocycles. The van der Waals surface area contributed by atoms with Crippen LogP contribution in [0.15, 0.2) is 18.2 Å². The second-order valence-corrected chi connectivity index (χ2v) is 6.42. The summed E-state index contributed by atoms with van der Waals surface area (Å²) in [6, 6.07) is 4.95. The first-order chi connectivity index (χ1) is 8.46. The monoisotopic (exact) mass is 311 g/mol. The predicted molar refractivity (Wildman–Crippen MR) is 74.2 cm³/mol. The van der Waals surface area contributed by atoms with Crippen molar-refractivity contribution >= 4 is 30.8 Å². The molecule has 1 aromatic rings. The molecule has 0 saturated heterocycles. The van der Waals surface area contributed by atoms with Crippen LogP contribution in [-0.2, 0) is 13.6 Å². The maximum Gasteiger partial charge on any atom is 0.351 e. The summed E-state index contributed by atoms with van der Waals surface area (Å²) >= 11 is 12.1. The number of nitrogens with two attached hydrogens (primary N) is 1. The molecule has 102 valence electrons. The van der Waals surface area contributed by atoms with Crippen LogP contribution in [0.2, 0.25) is 10.0 Å². The molecule has 0 spiro atoms. The fraction of sp³-hybridized carbons (Fsp3) is 0.455. The highest BCUT2D eigenvalue weighted by molar-refractivity contribution is 7.54. The SMILES string of the molecule is CCOP(=O)(OCC)[C@@H](N)c1c(Cl)cccc1Cl. The van der Waals surface area contributed by atoms with Crippen molar-refractivity contribution in [2.45, 2.75) is 19.6 Å². The molecule has 0 amide bonds. The van der Waals surface area contributed by atoms with Crippen LogP contribution in [-0.4, -0.2) is 13.2 Å². The molecule has 18 heavy (non-hydrogen) atoms. The highest BCUT2D eigenvalue weighted by atomic mass is 35.5. The second-order valence-electron chi connectivity index (χ2n) is 3.46. The standard InChI is InChI=1S/C11H16Cl2NO3P/c1-3-16-18(15,17-4-2)11(14)10-8(12)6-5-7-9(10)13/h5-7,11H,3-4,14H2,1-2H3/t11-/m1/s1. The van der Waals surface area contributed by atoms with Crippen molar-refractivity contribution in [3.05, 3.63) is 33.8 Å². The largest absolute Gasteiger partial charge is 0.351 e. The number of rotatable bonds is 6. The molecular formula is C11H16Cl2NO3P. The smallest absolute Gasteiger partial charge is 0.314 e. The van der Waals surface area contributed by atoms with Gasteiger partial charge in [-0.05, 0) is 26.0 Å². The summed E-state index contributed by atoms with van der Waals surface area (Å²) in [5.41, 5.74) is 6.35. The predicted octanol–water partition coefficient (Wildman–Crippen LogP) is 4.22. The van der Waals surface area contributed by atoms with E-state index in [9.17, 15) is 4.57 Å². The summed E-state index contributed by atoms with van der Waals surface area (Å²) in [5, 5.41) is 0.685. The Balaban J connectivity index is 3.17. The van der Waals surface area contributed by atoms with Gasteiger partial charge in [0.1, 0.15) is 5.78 Å². The molecule has 0 radical (unpaired) electrons. The van der Waals surface area contributed by atoms with Gasteiger partial charge in [0.2, 0.25) is 0 Å². The van der Waals surface area contributed by atoms with Crippen LogP contribution >= 0.6 is 30.8 Å². The first kappa shape index (κ1) is 16.0. The van der Waals surface area contributed by atoms with E-state index in [1.54, 1.807) is 32.0 Å². The van der Waals surface area contributed by atoms with Gasteiger partial charge in [0, 0.05) is 15.6 Å². The molecule has 0 heterocycles. The van der Waals surface area contributed by atoms with Crippen LogP contribution in [0.5, 0.6) is 0 Å². The van der Waals surface area contributed by atoms with E-state index in [1.807, 2.05) is 0 Å². The van der Waals surface area contributed by atoms with E-state index in [0.717, 1.165) is 0 Å². The van der Waals surface area contributed by atoms with Gasteiger partial charge in [-0.25, -0.2) is 0 Å². The van der Waals surface area contributed by atoms with Crippen molar-refractivity contribution in [1.29, 1.82) is 0 Å². The Morgan fingerprint density at radius 3 is 2.06 bits per heavy atom. The van der Waals surface area contributed by atoms with Crippen LogP contribution in [0.25, 0.3) is 0 Å². The first-order valence-electron chi connectivity index (χ1n) is 5.54. The Hall–Kier alpha value is -0.0900. The van der Waals surface area contributed by atoms with Crippen molar-refractivity contribution in [1.82, 2.24) is 0 Å². The molecule has 7 heteroatoms. The molecule has 4 nitrogen and oxygen atoms in total. The van der Waals surface area contributed by atoms with Crippen LogP contribution < -0.4 is 5.73 Å². The minimum atomic E-state index is -3.48. The molecule has 0 saturated carbocycles. The molecule has 2 N–H and O–H groups in total. The summed E-state index contributed by atoms with van der Waals surface area (Å²) in [4.78, 5) is 0. The number of halogens is 2. The van der Waals surface area contributed by atoms with E-state index in [0.29, 0.717) is 15.6 Å². The maximum absolute atomic E-state index is 12.5. The minimum absolute atomic E-state index is 0.229. The topological polar surface area (TPSA) is 61.5 Å². The van der Waals surface area contributed by atoms with E-state index in [-0.39, 0.29) is 13.2 Å². The fourth-order valence-electron chi connectivity index (χ4n) is 1.51. The van der Waals surface area contributed by atoms with Gasteiger partial charge >= 0.3 is 7.60 Å². The van der Waals surface area contributed by atoms with E-state index in [2.05, 4.69) is 0 Å². The van der Waals surface area contributed by atoms with E-state index < -0.39 is 13.4 Å². The van der Waals surface area contributed by atoms with Crippen LogP contribution in [0.3, 0.4) is 0 Å². The van der Waals surface area contributed by atoms with Crippen LogP contribution in [0, 0.1) is 0 Å². The van der Waals surface area contributed by atoms with Crippen LogP contribution in [0.4, 0.5) is 0 Å². The van der Waals surface area contributed by atoms with Gasteiger partial charge in [-0.3, -0.25) is 4.57 Å². The average Bonchev–Trinajstić information content (AvgIpc) is 2.29. The lowest BCUT2D eigenvalue weighted by Gasteiger charge is -2.24. The van der Waals surface area contributed by atoms with Gasteiger partial charge in [-0.2, -0.15) is 0 Å². The number of benzene rings is 1. The lowest BCUT2D eigenvalue weighted by molar-refractivity contribution is 0.212. The number of hydrogen-bond acceptors (Lipinski definition) is 4. The Bertz CT molecular complexity index is 426. The van der Waals surface area contributed by atoms with E-state index in [1.165, 1.54) is 0 Å². The zero-order valence-corrected chi connectivity index (χ0v) is 12.6. The third-order valence-electron chi connectivity index (χ3n) is 2.25. The summed E-state index contributed by atoms with van der Waals surface area (Å²) in [6.45, 7) is 3.89. The summed E-state index contributed by atoms with van der Waals surface area (Å²) < 4.78 is 22.9. The lowest BCUT2D eigenvalue weighted by atomic mass is 10.2. The average molecular weight is 312 g/mol. The number of hydrogen-bond donors (Lipinski definition) is 1. The summed E-state index contributed by atoms with van der Waals surface area (Å²) in [7, 11) is -3.48. The van der Waals surface area contributed by atoms with Crippen molar-refractivity contribution < 1.29 is 13.6 Å². The highest BCUT2D eigenvalue weighted by Gasteiger charge is 2.36. The highest BCUT2D eigenvalue weighted by Crippen LogP contribution is 2.60. The third-order valence-corrected chi connectivity index (χ3v) is 5.09. The van der Waals surface area contributed by atoms with Gasteiger partial charge in [-0.1, -0.05) is 29.3 Å². The van der Waals surface area contributed by atoms with Crippen molar-refractivity contribution in [3.63, 3.8) is 0 Å². The molecule has 1 rings (SSSR count). The molecular weight excluding hydrogens is 296 g/mol. The zero-order chi connectivity index (χ0) is 13.8. The molecule has 0 aliphatic heterocycles. The fourth-order valence-corrected chi connectivity index (χ4v) is 4.00. The molecule has 0 fully saturated rings. The Morgan fingerprint density at radius 2 is 1.67 bits per heavy atom. The molecule has 0 aliphatic carbocycles. The maximum atomic E-state index is 12.5. The van der Waals surface area contributed by atoms with Gasteiger partial charge in [-0.15, -0.1) is 0 Å². The summed E-state index contributed by atoms with van der Waals surface area (Å²) in [6.07, 6.45) is 0. The zero-order valence-electron chi connectivity index (χ0n) is 10.2. The van der Waals surface area contributed by atoms with Gasteiger partial charge < -0.3 is 14.8 Å². The van der Waals surface area contributed by atoms with Crippen molar-refractivity contribution in [2.24, 2.45) is 5.73 Å². The Labute approximate surface area is 117 Å². The third kappa shape index (κ3) is 3.47. The van der Waals surface area contributed by atoms with Crippen molar-refractivity contribution in [2.75, 3.05) is 13.2 Å². The van der Waals surface area contributed by atoms with Gasteiger partial charge in [0.05, 0.1) is 13.2 Å². The quantitative estimate of drug-likeness (QED) is 0.799. The minimum Gasteiger partial charge on any atom is -0.314 e. The van der Waals surface area contributed by atoms with E-state index >= 15 is 0 Å². The van der Waals surface area contributed by atoms with Gasteiger partial charge in [0.15, 0.2) is 0 Å². The Morgan fingerprint density at radius 1 is 1.22 bits per heavy atom. The second kappa shape index (κ2) is 6.90. The summed E-state index contributed by atoms with van der Waals surface area (Å²) in [5.74, 6) is -1.00.